The van der Waals surface area contributed by atoms with Gasteiger partial charge in [-0.15, -0.1) is 0 Å². The van der Waals surface area contributed by atoms with E-state index in [9.17, 15) is 9.59 Å². The minimum absolute atomic E-state index is 0.0200. The second-order valence-electron chi connectivity index (χ2n) is 4.39. The monoisotopic (exact) mass is 299 g/mol. The first-order chi connectivity index (χ1) is 10.1. The first-order valence-corrected chi connectivity index (χ1v) is 6.83. The molecule has 0 aromatic heterocycles. The molecule has 0 saturated carbocycles. The lowest BCUT2D eigenvalue weighted by atomic mass is 10.1. The number of halogens is 1. The highest BCUT2D eigenvalue weighted by atomic mass is 35.5. The molecule has 0 aliphatic rings. The van der Waals surface area contributed by atoms with Gasteiger partial charge in [0, 0.05) is 16.7 Å². The summed E-state index contributed by atoms with van der Waals surface area (Å²) in [5.74, 6) is -0.432. The van der Waals surface area contributed by atoms with Gasteiger partial charge in [-0.05, 0) is 23.8 Å². The van der Waals surface area contributed by atoms with Crippen LogP contribution < -0.4 is 5.32 Å². The average molecular weight is 300 g/mol. The van der Waals surface area contributed by atoms with Gasteiger partial charge in [-0.25, -0.2) is 0 Å². The normalized spacial score (nSPS) is 10.5. The standard InChI is InChI=1S/C17H14ClNO2/c18-15-9-6-13(7-10-15)8-11-17(21)19-12-16(20)14-4-2-1-3-5-14/h1-11H,12H2,(H,19,21)/b11-8+. The molecule has 0 spiro atoms. The zero-order chi connectivity index (χ0) is 15.1. The van der Waals surface area contributed by atoms with E-state index in [1.54, 1.807) is 54.6 Å². The second-order valence-corrected chi connectivity index (χ2v) is 4.83. The molecule has 0 radical (unpaired) electrons. The van der Waals surface area contributed by atoms with Gasteiger partial charge in [0.2, 0.25) is 5.91 Å². The third kappa shape index (κ3) is 4.89. The third-order valence-corrected chi connectivity index (χ3v) is 3.07. The van der Waals surface area contributed by atoms with Crippen LogP contribution in [0.25, 0.3) is 6.08 Å². The molecule has 2 aromatic rings. The predicted molar refractivity (Wildman–Crippen MR) is 84.3 cm³/mol. The van der Waals surface area contributed by atoms with Crippen LogP contribution in [0, 0.1) is 0 Å². The Morgan fingerprint density at radius 2 is 1.67 bits per heavy atom. The molecule has 0 fully saturated rings. The highest BCUT2D eigenvalue weighted by Gasteiger charge is 2.05. The number of hydrogen-bond acceptors (Lipinski definition) is 2. The van der Waals surface area contributed by atoms with Crippen LogP contribution in [-0.2, 0) is 4.79 Å². The van der Waals surface area contributed by atoms with Gasteiger partial charge < -0.3 is 5.32 Å². The van der Waals surface area contributed by atoms with Gasteiger partial charge in [0.15, 0.2) is 5.78 Å². The van der Waals surface area contributed by atoms with Crippen LogP contribution in [0.3, 0.4) is 0 Å². The zero-order valence-corrected chi connectivity index (χ0v) is 12.0. The van der Waals surface area contributed by atoms with Crippen molar-refractivity contribution in [2.24, 2.45) is 0 Å². The van der Waals surface area contributed by atoms with Gasteiger partial charge in [0.1, 0.15) is 0 Å². The maximum absolute atomic E-state index is 11.8. The lowest BCUT2D eigenvalue weighted by Crippen LogP contribution is -2.27. The molecular formula is C17H14ClNO2. The molecule has 2 rings (SSSR count). The molecule has 4 heteroatoms. The molecule has 1 N–H and O–H groups in total. The molecule has 0 aliphatic heterocycles. The van der Waals surface area contributed by atoms with E-state index >= 15 is 0 Å². The second kappa shape index (κ2) is 7.41. The van der Waals surface area contributed by atoms with Gasteiger partial charge >= 0.3 is 0 Å². The number of hydrogen-bond donors (Lipinski definition) is 1. The van der Waals surface area contributed by atoms with Crippen molar-refractivity contribution in [2.75, 3.05) is 6.54 Å². The number of amides is 1. The van der Waals surface area contributed by atoms with Crippen molar-refractivity contribution in [3.63, 3.8) is 0 Å². The summed E-state index contributed by atoms with van der Waals surface area (Å²) in [6, 6.07) is 16.0. The van der Waals surface area contributed by atoms with E-state index in [1.807, 2.05) is 6.07 Å². The summed E-state index contributed by atoms with van der Waals surface area (Å²) in [5.41, 5.74) is 1.45. The van der Waals surface area contributed by atoms with Crippen LogP contribution in [0.5, 0.6) is 0 Å². The van der Waals surface area contributed by atoms with E-state index < -0.39 is 0 Å². The largest absolute Gasteiger partial charge is 0.345 e. The summed E-state index contributed by atoms with van der Waals surface area (Å²) in [6.45, 7) is -0.0200. The summed E-state index contributed by atoms with van der Waals surface area (Å²) in [4.78, 5) is 23.5. The summed E-state index contributed by atoms with van der Waals surface area (Å²) >= 11 is 5.78. The Hall–Kier alpha value is -2.39. The van der Waals surface area contributed by atoms with E-state index in [0.29, 0.717) is 10.6 Å². The fourth-order valence-electron chi connectivity index (χ4n) is 1.70. The Morgan fingerprint density at radius 3 is 2.33 bits per heavy atom. The number of carbonyl (C=O) groups is 2. The molecule has 3 nitrogen and oxygen atoms in total. The molecule has 1 amide bonds. The molecule has 0 aliphatic carbocycles. The molecule has 2 aromatic carbocycles. The summed E-state index contributed by atoms with van der Waals surface area (Å²) < 4.78 is 0. The van der Waals surface area contributed by atoms with Crippen molar-refractivity contribution >= 4 is 29.4 Å². The maximum atomic E-state index is 11.8. The van der Waals surface area contributed by atoms with E-state index in [1.165, 1.54) is 6.08 Å². The number of benzene rings is 2. The van der Waals surface area contributed by atoms with E-state index in [2.05, 4.69) is 5.32 Å². The topological polar surface area (TPSA) is 46.2 Å². The maximum Gasteiger partial charge on any atom is 0.244 e. The quantitative estimate of drug-likeness (QED) is 0.680. The van der Waals surface area contributed by atoms with Crippen LogP contribution in [0.1, 0.15) is 15.9 Å². The zero-order valence-electron chi connectivity index (χ0n) is 11.3. The molecule has 0 bridgehead atoms. The van der Waals surface area contributed by atoms with Gasteiger partial charge in [0.25, 0.3) is 0 Å². The van der Waals surface area contributed by atoms with E-state index in [4.69, 9.17) is 11.6 Å². The molecule has 106 valence electrons. The van der Waals surface area contributed by atoms with Crippen LogP contribution in [0.2, 0.25) is 5.02 Å². The molecule has 0 unspecified atom stereocenters. The number of carbonyl (C=O) groups excluding carboxylic acids is 2. The first-order valence-electron chi connectivity index (χ1n) is 6.45. The van der Waals surface area contributed by atoms with Crippen molar-refractivity contribution in [1.29, 1.82) is 0 Å². The minimum Gasteiger partial charge on any atom is -0.345 e. The van der Waals surface area contributed by atoms with Crippen molar-refractivity contribution in [3.8, 4) is 0 Å². The summed E-state index contributed by atoms with van der Waals surface area (Å²) in [5, 5.41) is 3.20. The lowest BCUT2D eigenvalue weighted by Gasteiger charge is -2.01. The molecule has 0 atom stereocenters. The van der Waals surface area contributed by atoms with Crippen molar-refractivity contribution < 1.29 is 9.59 Å². The average Bonchev–Trinajstić information content (AvgIpc) is 2.53. The van der Waals surface area contributed by atoms with Gasteiger partial charge in [-0.2, -0.15) is 0 Å². The van der Waals surface area contributed by atoms with Crippen LogP contribution in [0.4, 0.5) is 0 Å². The number of nitrogens with one attached hydrogen (secondary N) is 1. The Morgan fingerprint density at radius 1 is 1.00 bits per heavy atom. The lowest BCUT2D eigenvalue weighted by molar-refractivity contribution is -0.116. The Balaban J connectivity index is 1.85. The van der Waals surface area contributed by atoms with Crippen molar-refractivity contribution in [1.82, 2.24) is 5.32 Å². The summed E-state index contributed by atoms with van der Waals surface area (Å²) in [6.07, 6.45) is 3.06. The van der Waals surface area contributed by atoms with Gasteiger partial charge in [-0.3, -0.25) is 9.59 Å². The third-order valence-electron chi connectivity index (χ3n) is 2.82. The molecule has 0 heterocycles. The molecule has 0 saturated heterocycles. The Kier molecular flexibility index (Phi) is 5.29. The highest BCUT2D eigenvalue weighted by molar-refractivity contribution is 6.30. The first kappa shape index (κ1) is 15.0. The summed E-state index contributed by atoms with van der Waals surface area (Å²) in [7, 11) is 0. The molecular weight excluding hydrogens is 286 g/mol. The van der Waals surface area contributed by atoms with Crippen LogP contribution in [-0.4, -0.2) is 18.2 Å². The minimum atomic E-state index is -0.311. The van der Waals surface area contributed by atoms with Crippen molar-refractivity contribution in [3.05, 3.63) is 76.8 Å². The number of ketones is 1. The fourth-order valence-corrected chi connectivity index (χ4v) is 1.82. The Bertz CT molecular complexity index is 648. The predicted octanol–water partition coefficient (Wildman–Crippen LogP) is 3.35. The van der Waals surface area contributed by atoms with Crippen LogP contribution >= 0.6 is 11.6 Å². The smallest absolute Gasteiger partial charge is 0.244 e. The SMILES string of the molecule is O=C(/C=C/c1ccc(Cl)cc1)NCC(=O)c1ccccc1. The Labute approximate surface area is 128 Å². The fraction of sp³-hybridized carbons (Fsp3) is 0.0588. The number of rotatable bonds is 5. The van der Waals surface area contributed by atoms with E-state index in [-0.39, 0.29) is 18.2 Å². The van der Waals surface area contributed by atoms with E-state index in [0.717, 1.165) is 5.56 Å². The van der Waals surface area contributed by atoms with Gasteiger partial charge in [0.05, 0.1) is 6.54 Å². The number of Topliss-reactive ketones (excluding diaryl/α,β-unsaturated/α-hetero) is 1. The highest BCUT2D eigenvalue weighted by Crippen LogP contribution is 2.10. The van der Waals surface area contributed by atoms with Gasteiger partial charge in [-0.1, -0.05) is 54.1 Å². The van der Waals surface area contributed by atoms with Crippen LogP contribution in [0.15, 0.2) is 60.7 Å². The van der Waals surface area contributed by atoms with Crippen molar-refractivity contribution in [2.45, 2.75) is 0 Å². The molecule has 21 heavy (non-hydrogen) atoms.